The number of methoxy groups -OCH3 is 1. The minimum Gasteiger partial charge on any atom is -0.496 e. The number of nitrogens with one attached hydrogen (secondary N) is 1. The fraction of sp³-hybridized carbons (Fsp3) is 0.500. The van der Waals surface area contributed by atoms with Gasteiger partial charge < -0.3 is 15.8 Å². The second kappa shape index (κ2) is 5.80. The molecule has 1 aliphatic rings. The first-order valence-corrected chi connectivity index (χ1v) is 6.80. The van der Waals surface area contributed by atoms with Crippen molar-refractivity contribution in [2.45, 2.75) is 25.8 Å². The molecule has 1 aliphatic carbocycles. The van der Waals surface area contributed by atoms with E-state index in [-0.39, 0.29) is 11.3 Å². The molecule has 2 rings (SSSR count). The van der Waals surface area contributed by atoms with Crippen molar-refractivity contribution < 1.29 is 9.53 Å². The molecule has 1 aromatic rings. The van der Waals surface area contributed by atoms with E-state index in [1.54, 1.807) is 13.2 Å². The Morgan fingerprint density at radius 3 is 2.79 bits per heavy atom. The van der Waals surface area contributed by atoms with E-state index in [0.29, 0.717) is 23.9 Å². The molecule has 0 aliphatic heterocycles. The van der Waals surface area contributed by atoms with Crippen molar-refractivity contribution in [1.82, 2.24) is 5.32 Å². The molecule has 0 saturated heterocycles. The van der Waals surface area contributed by atoms with Crippen molar-refractivity contribution in [3.05, 3.63) is 28.8 Å². The number of amides is 1. The van der Waals surface area contributed by atoms with Crippen LogP contribution < -0.4 is 15.8 Å². The monoisotopic (exact) mass is 282 g/mol. The zero-order valence-corrected chi connectivity index (χ0v) is 11.8. The molecule has 0 heterocycles. The molecule has 0 spiro atoms. The molecule has 4 nitrogen and oxygen atoms in total. The molecule has 3 N–H and O–H groups in total. The summed E-state index contributed by atoms with van der Waals surface area (Å²) < 4.78 is 5.25. The van der Waals surface area contributed by atoms with Crippen LogP contribution in [0, 0.1) is 5.41 Å². The smallest absolute Gasteiger partial charge is 0.227 e. The number of benzene rings is 1. The molecule has 104 valence electrons. The van der Waals surface area contributed by atoms with Crippen molar-refractivity contribution in [3.8, 4) is 5.75 Å². The highest BCUT2D eigenvalue weighted by Crippen LogP contribution is 2.40. The largest absolute Gasteiger partial charge is 0.496 e. The van der Waals surface area contributed by atoms with Crippen LogP contribution in [-0.2, 0) is 11.3 Å². The number of nitrogens with two attached hydrogens (primary N) is 1. The van der Waals surface area contributed by atoms with Crippen molar-refractivity contribution in [2.24, 2.45) is 11.1 Å². The average molecular weight is 283 g/mol. The van der Waals surface area contributed by atoms with Gasteiger partial charge in [0.05, 0.1) is 12.5 Å². The Balaban J connectivity index is 2.05. The number of rotatable bonds is 5. The number of hydrogen-bond donors (Lipinski definition) is 2. The molecule has 0 unspecified atom stereocenters. The van der Waals surface area contributed by atoms with Gasteiger partial charge in [0.15, 0.2) is 0 Å². The molecule has 0 aromatic heterocycles. The first kappa shape index (κ1) is 14.2. The summed E-state index contributed by atoms with van der Waals surface area (Å²) in [4.78, 5) is 12.2. The summed E-state index contributed by atoms with van der Waals surface area (Å²) in [6, 6.07) is 5.43. The molecule has 0 radical (unpaired) electrons. The Morgan fingerprint density at radius 1 is 1.53 bits per heavy atom. The van der Waals surface area contributed by atoms with Crippen LogP contribution in [0.25, 0.3) is 0 Å². The Kier molecular flexibility index (Phi) is 4.32. The van der Waals surface area contributed by atoms with Gasteiger partial charge in [-0.15, -0.1) is 0 Å². The maximum atomic E-state index is 12.2. The van der Waals surface area contributed by atoms with Crippen LogP contribution in [0.1, 0.15) is 24.8 Å². The molecule has 0 atom stereocenters. The van der Waals surface area contributed by atoms with Gasteiger partial charge in [-0.05, 0) is 25.0 Å². The number of carbonyl (C=O) groups excluding carboxylic acids is 1. The Morgan fingerprint density at radius 2 is 2.26 bits per heavy atom. The van der Waals surface area contributed by atoms with Gasteiger partial charge in [-0.2, -0.15) is 0 Å². The minimum atomic E-state index is -0.367. The summed E-state index contributed by atoms with van der Waals surface area (Å²) in [5, 5.41) is 3.52. The number of carbonyl (C=O) groups is 1. The zero-order chi connectivity index (χ0) is 13.9. The molecule has 1 amide bonds. The lowest BCUT2D eigenvalue weighted by Crippen LogP contribution is -2.50. The second-order valence-corrected chi connectivity index (χ2v) is 5.35. The van der Waals surface area contributed by atoms with Crippen LogP contribution in [0.2, 0.25) is 5.02 Å². The van der Waals surface area contributed by atoms with Gasteiger partial charge in [-0.1, -0.05) is 24.1 Å². The Labute approximate surface area is 118 Å². The van der Waals surface area contributed by atoms with Crippen molar-refractivity contribution in [2.75, 3.05) is 13.7 Å². The van der Waals surface area contributed by atoms with E-state index in [2.05, 4.69) is 5.32 Å². The molecule has 5 heteroatoms. The zero-order valence-electron chi connectivity index (χ0n) is 11.0. The molecular weight excluding hydrogens is 264 g/mol. The molecule has 19 heavy (non-hydrogen) atoms. The lowest BCUT2D eigenvalue weighted by atomic mass is 9.68. The van der Waals surface area contributed by atoms with Crippen molar-refractivity contribution in [1.29, 1.82) is 0 Å². The standard InChI is InChI=1S/C14H19ClN2O2/c1-19-12-5-2-4-11(15)10(12)8-17-13(18)14(9-16)6-3-7-14/h2,4-5H,3,6-9,16H2,1H3,(H,17,18). The summed E-state index contributed by atoms with van der Waals surface area (Å²) in [5.74, 6) is 0.700. The van der Waals surface area contributed by atoms with Gasteiger partial charge in [-0.3, -0.25) is 4.79 Å². The third-order valence-corrected chi connectivity index (χ3v) is 4.26. The highest BCUT2D eigenvalue weighted by molar-refractivity contribution is 6.31. The molecular formula is C14H19ClN2O2. The van der Waals surface area contributed by atoms with Crippen LogP contribution in [0.3, 0.4) is 0 Å². The summed E-state index contributed by atoms with van der Waals surface area (Å²) in [6.07, 6.45) is 2.81. The maximum Gasteiger partial charge on any atom is 0.227 e. The topological polar surface area (TPSA) is 64.3 Å². The Bertz CT molecular complexity index is 467. The number of ether oxygens (including phenoxy) is 1. The van der Waals surface area contributed by atoms with Crippen LogP contribution >= 0.6 is 11.6 Å². The summed E-state index contributed by atoms with van der Waals surface area (Å²) in [7, 11) is 1.59. The molecule has 1 saturated carbocycles. The normalized spacial score (nSPS) is 16.6. The highest BCUT2D eigenvalue weighted by atomic mass is 35.5. The van der Waals surface area contributed by atoms with Gasteiger partial charge in [0.2, 0.25) is 5.91 Å². The van der Waals surface area contributed by atoms with Crippen LogP contribution in [0.5, 0.6) is 5.75 Å². The van der Waals surface area contributed by atoms with Gasteiger partial charge in [-0.25, -0.2) is 0 Å². The first-order chi connectivity index (χ1) is 9.13. The van der Waals surface area contributed by atoms with E-state index < -0.39 is 0 Å². The van der Waals surface area contributed by atoms with Crippen LogP contribution in [0.15, 0.2) is 18.2 Å². The van der Waals surface area contributed by atoms with Gasteiger partial charge >= 0.3 is 0 Å². The van der Waals surface area contributed by atoms with Gasteiger partial charge in [0.25, 0.3) is 0 Å². The highest BCUT2D eigenvalue weighted by Gasteiger charge is 2.42. The van der Waals surface area contributed by atoms with E-state index in [0.717, 1.165) is 24.8 Å². The fourth-order valence-electron chi connectivity index (χ4n) is 2.39. The first-order valence-electron chi connectivity index (χ1n) is 6.43. The predicted molar refractivity (Wildman–Crippen MR) is 75.2 cm³/mol. The third kappa shape index (κ3) is 2.69. The fourth-order valence-corrected chi connectivity index (χ4v) is 2.62. The SMILES string of the molecule is COc1cccc(Cl)c1CNC(=O)C1(CN)CCC1. The van der Waals surface area contributed by atoms with E-state index in [1.165, 1.54) is 0 Å². The van der Waals surface area contributed by atoms with Gasteiger partial charge in [0, 0.05) is 23.7 Å². The van der Waals surface area contributed by atoms with Gasteiger partial charge in [0.1, 0.15) is 5.75 Å². The van der Waals surface area contributed by atoms with E-state index in [1.807, 2.05) is 12.1 Å². The summed E-state index contributed by atoms with van der Waals surface area (Å²) >= 11 is 6.13. The number of halogens is 1. The lowest BCUT2D eigenvalue weighted by molar-refractivity contribution is -0.135. The number of hydrogen-bond acceptors (Lipinski definition) is 3. The second-order valence-electron chi connectivity index (χ2n) is 4.94. The van der Waals surface area contributed by atoms with E-state index in [4.69, 9.17) is 22.1 Å². The lowest BCUT2D eigenvalue weighted by Gasteiger charge is -2.39. The van der Waals surface area contributed by atoms with Crippen LogP contribution in [-0.4, -0.2) is 19.6 Å². The van der Waals surface area contributed by atoms with E-state index in [9.17, 15) is 4.79 Å². The summed E-state index contributed by atoms with van der Waals surface area (Å²) in [6.45, 7) is 0.766. The van der Waals surface area contributed by atoms with Crippen molar-refractivity contribution >= 4 is 17.5 Å². The molecule has 1 fully saturated rings. The summed E-state index contributed by atoms with van der Waals surface area (Å²) in [5.41, 5.74) is 6.14. The minimum absolute atomic E-state index is 0.0169. The molecule has 0 bridgehead atoms. The Hall–Kier alpha value is -1.26. The predicted octanol–water partition coefficient (Wildman–Crippen LogP) is 2.09. The van der Waals surface area contributed by atoms with E-state index >= 15 is 0 Å². The quantitative estimate of drug-likeness (QED) is 0.869. The average Bonchev–Trinajstić information content (AvgIpc) is 2.36. The maximum absolute atomic E-state index is 12.2. The third-order valence-electron chi connectivity index (χ3n) is 3.90. The van der Waals surface area contributed by atoms with Crippen LogP contribution in [0.4, 0.5) is 0 Å². The van der Waals surface area contributed by atoms with Crippen molar-refractivity contribution in [3.63, 3.8) is 0 Å². The molecule has 1 aromatic carbocycles.